The largest absolute Gasteiger partial charge is 0.314 e. The molecule has 1 aromatic heterocycles. The van der Waals surface area contributed by atoms with Gasteiger partial charge in [0.05, 0.1) is 11.4 Å². The molecule has 9 heteroatoms. The van der Waals surface area contributed by atoms with E-state index in [1.165, 1.54) is 0 Å². The summed E-state index contributed by atoms with van der Waals surface area (Å²) in [5.74, 6) is -0.582. The number of aromatic nitrogens is 3. The zero-order valence-corrected chi connectivity index (χ0v) is 11.7. The van der Waals surface area contributed by atoms with Crippen molar-refractivity contribution in [3.05, 3.63) is 41.5 Å². The third kappa shape index (κ3) is 2.79. The maximum absolute atomic E-state index is 13.1. The number of nitrogens with zero attached hydrogens (tertiary/aromatic N) is 3. The Balaban J connectivity index is 1.80. The van der Waals surface area contributed by atoms with Crippen molar-refractivity contribution in [2.24, 2.45) is 0 Å². The van der Waals surface area contributed by atoms with Gasteiger partial charge in [0, 0.05) is 19.0 Å². The molecule has 0 saturated carbocycles. The molecule has 3 rings (SSSR count). The highest BCUT2D eigenvalue weighted by molar-refractivity contribution is 7.89. The van der Waals surface area contributed by atoms with Crippen molar-refractivity contribution in [3.63, 3.8) is 0 Å². The van der Waals surface area contributed by atoms with Crippen LogP contribution in [0.5, 0.6) is 0 Å². The Hall–Kier alpha value is -1.87. The fraction of sp³-hybridized carbons (Fsp3) is 0.333. The summed E-state index contributed by atoms with van der Waals surface area (Å²) in [5, 5.41) is 7.86. The number of rotatable bonds is 4. The second-order valence-corrected chi connectivity index (χ2v) is 6.48. The zero-order chi connectivity index (χ0) is 15.0. The first-order valence-electron chi connectivity index (χ1n) is 6.32. The van der Waals surface area contributed by atoms with Gasteiger partial charge in [-0.1, -0.05) is 0 Å². The van der Waals surface area contributed by atoms with Crippen molar-refractivity contribution in [3.8, 4) is 0 Å². The van der Waals surface area contributed by atoms with Crippen LogP contribution in [0, 0.1) is 11.6 Å². The lowest BCUT2D eigenvalue weighted by Gasteiger charge is -2.07. The predicted octanol–water partition coefficient (Wildman–Crippen LogP) is 0.981. The summed E-state index contributed by atoms with van der Waals surface area (Å²) >= 11 is 0. The van der Waals surface area contributed by atoms with Gasteiger partial charge < -0.3 is 4.57 Å². The number of fused-ring (bicyclic) bond motifs is 1. The van der Waals surface area contributed by atoms with Crippen LogP contribution < -0.4 is 4.72 Å². The lowest BCUT2D eigenvalue weighted by Crippen LogP contribution is -2.25. The van der Waals surface area contributed by atoms with Gasteiger partial charge in [0.2, 0.25) is 10.0 Å². The number of hydrogen-bond donors (Lipinski definition) is 1. The van der Waals surface area contributed by atoms with Gasteiger partial charge in [0.25, 0.3) is 0 Å². The average Bonchev–Trinajstić information content (AvgIpc) is 2.98. The Morgan fingerprint density at radius 3 is 2.62 bits per heavy atom. The molecule has 1 aromatic carbocycles. The van der Waals surface area contributed by atoms with Crippen LogP contribution in [0.15, 0.2) is 23.1 Å². The Morgan fingerprint density at radius 2 is 1.90 bits per heavy atom. The van der Waals surface area contributed by atoms with Crippen molar-refractivity contribution >= 4 is 10.0 Å². The van der Waals surface area contributed by atoms with Gasteiger partial charge >= 0.3 is 0 Å². The molecule has 0 saturated heterocycles. The van der Waals surface area contributed by atoms with Crippen LogP contribution in [0.2, 0.25) is 0 Å². The monoisotopic (exact) mass is 314 g/mol. The zero-order valence-electron chi connectivity index (χ0n) is 10.9. The molecule has 21 heavy (non-hydrogen) atoms. The number of nitrogens with one attached hydrogen (secondary N) is 1. The number of benzene rings is 1. The highest BCUT2D eigenvalue weighted by Gasteiger charge is 2.20. The molecule has 1 aliphatic rings. The number of hydrogen-bond acceptors (Lipinski definition) is 4. The maximum Gasteiger partial charge on any atom is 0.241 e. The van der Waals surface area contributed by atoms with Crippen LogP contribution in [0.4, 0.5) is 8.78 Å². The van der Waals surface area contributed by atoms with Crippen molar-refractivity contribution in [2.75, 3.05) is 0 Å². The van der Waals surface area contributed by atoms with E-state index in [1.54, 1.807) is 0 Å². The molecule has 0 bridgehead atoms. The molecule has 2 aromatic rings. The maximum atomic E-state index is 13.1. The van der Waals surface area contributed by atoms with Gasteiger partial charge in [-0.3, -0.25) is 0 Å². The van der Waals surface area contributed by atoms with E-state index in [-0.39, 0.29) is 6.54 Å². The lowest BCUT2D eigenvalue weighted by molar-refractivity contribution is 0.558. The highest BCUT2D eigenvalue weighted by atomic mass is 32.2. The molecule has 2 heterocycles. The lowest BCUT2D eigenvalue weighted by atomic mass is 10.3. The quantitative estimate of drug-likeness (QED) is 0.913. The normalized spacial score (nSPS) is 14.4. The Morgan fingerprint density at radius 1 is 1.19 bits per heavy atom. The number of halogens is 2. The summed E-state index contributed by atoms with van der Waals surface area (Å²) in [6.07, 6.45) is 1.76. The van der Waals surface area contributed by atoms with E-state index in [2.05, 4.69) is 14.9 Å². The molecular formula is C12H12F2N4O2S. The molecule has 0 amide bonds. The molecule has 0 atom stereocenters. The minimum Gasteiger partial charge on any atom is -0.314 e. The van der Waals surface area contributed by atoms with E-state index in [0.29, 0.717) is 11.9 Å². The third-order valence-electron chi connectivity index (χ3n) is 3.25. The first-order chi connectivity index (χ1) is 9.95. The Bertz CT molecular complexity index is 768. The van der Waals surface area contributed by atoms with Gasteiger partial charge in [-0.2, -0.15) is 0 Å². The number of aryl methyl sites for hydroxylation is 1. The first-order valence-corrected chi connectivity index (χ1v) is 7.81. The van der Waals surface area contributed by atoms with Gasteiger partial charge in [0.15, 0.2) is 0 Å². The summed E-state index contributed by atoms with van der Waals surface area (Å²) in [6.45, 7) is 0.668. The second kappa shape index (κ2) is 5.15. The Labute approximate surface area is 119 Å². The van der Waals surface area contributed by atoms with Crippen LogP contribution in [-0.2, 0) is 29.5 Å². The van der Waals surface area contributed by atoms with Crippen LogP contribution >= 0.6 is 0 Å². The molecule has 0 fully saturated rings. The van der Waals surface area contributed by atoms with Crippen molar-refractivity contribution in [1.82, 2.24) is 19.5 Å². The molecule has 0 unspecified atom stereocenters. The fourth-order valence-electron chi connectivity index (χ4n) is 2.27. The SMILES string of the molecule is O=S(=O)(NCc1nnc2n1CCC2)c1cc(F)cc(F)c1. The smallest absolute Gasteiger partial charge is 0.241 e. The summed E-state index contributed by atoms with van der Waals surface area (Å²) < 4.78 is 54.4. The molecule has 0 radical (unpaired) electrons. The Kier molecular flexibility index (Phi) is 3.46. The summed E-state index contributed by atoms with van der Waals surface area (Å²) in [6, 6.07) is 2.14. The summed E-state index contributed by atoms with van der Waals surface area (Å²) in [7, 11) is -4.01. The molecule has 0 spiro atoms. The predicted molar refractivity (Wildman–Crippen MR) is 68.7 cm³/mol. The van der Waals surface area contributed by atoms with Crippen molar-refractivity contribution < 1.29 is 17.2 Å². The van der Waals surface area contributed by atoms with Crippen LogP contribution in [0.25, 0.3) is 0 Å². The third-order valence-corrected chi connectivity index (χ3v) is 4.63. The van der Waals surface area contributed by atoms with Crippen molar-refractivity contribution in [1.29, 1.82) is 0 Å². The topological polar surface area (TPSA) is 76.9 Å². The van der Waals surface area contributed by atoms with Gasteiger partial charge in [-0.05, 0) is 18.6 Å². The highest BCUT2D eigenvalue weighted by Crippen LogP contribution is 2.16. The molecular weight excluding hydrogens is 302 g/mol. The van der Waals surface area contributed by atoms with E-state index in [4.69, 9.17) is 0 Å². The van der Waals surface area contributed by atoms with Crippen molar-refractivity contribution in [2.45, 2.75) is 30.8 Å². The van der Waals surface area contributed by atoms with Crippen LogP contribution in [0.3, 0.4) is 0 Å². The minimum absolute atomic E-state index is 0.0759. The van der Waals surface area contributed by atoms with E-state index in [1.807, 2.05) is 4.57 Å². The molecule has 112 valence electrons. The summed E-state index contributed by atoms with van der Waals surface area (Å²) in [4.78, 5) is -0.457. The first kappa shape index (κ1) is 14.1. The van der Waals surface area contributed by atoms with Gasteiger partial charge in [-0.25, -0.2) is 21.9 Å². The number of sulfonamides is 1. The van der Waals surface area contributed by atoms with Crippen LogP contribution in [-0.4, -0.2) is 23.2 Å². The molecule has 0 aliphatic carbocycles. The molecule has 6 nitrogen and oxygen atoms in total. The van der Waals surface area contributed by atoms with Crippen LogP contribution in [0.1, 0.15) is 18.1 Å². The summed E-state index contributed by atoms with van der Waals surface area (Å²) in [5.41, 5.74) is 0. The molecule has 1 aliphatic heterocycles. The second-order valence-electron chi connectivity index (χ2n) is 4.72. The van der Waals surface area contributed by atoms with E-state index >= 15 is 0 Å². The van der Waals surface area contributed by atoms with E-state index in [0.717, 1.165) is 37.3 Å². The minimum atomic E-state index is -4.01. The fourth-order valence-corrected chi connectivity index (χ4v) is 3.29. The molecule has 1 N–H and O–H groups in total. The van der Waals surface area contributed by atoms with Gasteiger partial charge in [-0.15, -0.1) is 10.2 Å². The average molecular weight is 314 g/mol. The van der Waals surface area contributed by atoms with E-state index in [9.17, 15) is 17.2 Å². The standard InChI is InChI=1S/C12H12F2N4O2S/c13-8-4-9(14)6-10(5-8)21(19,20)15-7-12-17-16-11-2-1-3-18(11)12/h4-6,15H,1-3,7H2. The van der Waals surface area contributed by atoms with Gasteiger partial charge in [0.1, 0.15) is 23.3 Å². The van der Waals surface area contributed by atoms with E-state index < -0.39 is 26.6 Å².